The number of allylic oxidation sites excluding steroid dienone is 2. The van der Waals surface area contributed by atoms with Gasteiger partial charge in [-0.1, -0.05) is 18.2 Å². The van der Waals surface area contributed by atoms with E-state index < -0.39 is 0 Å². The molecule has 2 aliphatic heterocycles. The third kappa shape index (κ3) is 5.40. The number of hydrogen-bond donors (Lipinski definition) is 1. The van der Waals surface area contributed by atoms with Crippen LogP contribution in [0.3, 0.4) is 0 Å². The van der Waals surface area contributed by atoms with Gasteiger partial charge in [-0.05, 0) is 87.3 Å². The van der Waals surface area contributed by atoms with E-state index in [1.165, 1.54) is 11.3 Å². The van der Waals surface area contributed by atoms with Crippen molar-refractivity contribution >= 4 is 35.0 Å². The Labute approximate surface area is 261 Å². The molecular weight excluding hydrogens is 571 g/mol. The molecule has 0 radical (unpaired) electrons. The van der Waals surface area contributed by atoms with Crippen molar-refractivity contribution < 1.29 is 14.0 Å². The van der Waals surface area contributed by atoms with Gasteiger partial charge in [-0.25, -0.2) is 23.9 Å². The van der Waals surface area contributed by atoms with Crippen molar-refractivity contribution in [3.05, 3.63) is 77.8 Å². The number of pyridine rings is 1. The van der Waals surface area contributed by atoms with Gasteiger partial charge in [0.05, 0.1) is 0 Å². The van der Waals surface area contributed by atoms with Crippen molar-refractivity contribution in [1.82, 2.24) is 29.5 Å². The van der Waals surface area contributed by atoms with Crippen molar-refractivity contribution in [2.45, 2.75) is 57.8 Å². The summed E-state index contributed by atoms with van der Waals surface area (Å²) in [7, 11) is 0. The van der Waals surface area contributed by atoms with Crippen LogP contribution in [0.1, 0.15) is 69.0 Å². The molecule has 0 atom stereocenters. The first-order valence-corrected chi connectivity index (χ1v) is 15.8. The molecule has 2 amide bonds. The highest BCUT2D eigenvalue weighted by Gasteiger charge is 2.36. The number of carbonyl (C=O) groups excluding carboxylic acids is 2. The van der Waals surface area contributed by atoms with Gasteiger partial charge >= 0.3 is 0 Å². The Kier molecular flexibility index (Phi) is 7.68. The van der Waals surface area contributed by atoms with Crippen molar-refractivity contribution in [2.24, 2.45) is 5.92 Å². The Morgan fingerprint density at radius 1 is 1.02 bits per heavy atom. The topological polar surface area (TPSA) is 113 Å². The number of aromatic nitrogens is 4. The number of nitrogens with two attached hydrogens (primary N) is 1. The minimum atomic E-state index is -0.376. The second kappa shape index (κ2) is 11.9. The normalized spacial score (nSPS) is 18.7. The van der Waals surface area contributed by atoms with E-state index >= 15 is 4.39 Å². The van der Waals surface area contributed by atoms with Gasteiger partial charge in [-0.2, -0.15) is 5.10 Å². The molecule has 45 heavy (non-hydrogen) atoms. The van der Waals surface area contributed by atoms with Gasteiger partial charge < -0.3 is 10.6 Å². The highest BCUT2D eigenvalue weighted by atomic mass is 19.1. The predicted molar refractivity (Wildman–Crippen MR) is 170 cm³/mol. The average molecular weight is 609 g/mol. The monoisotopic (exact) mass is 608 g/mol. The predicted octanol–water partition coefficient (Wildman–Crippen LogP) is 5.42. The SMILES string of the molecule is C/C(=C1/CCCCN1N(C=O)c1ccccn1)c1ccc(-c2cc(C3CCN(C(=O)C4CC4)CC3)n3ncnc(N)c23)c(F)c1. The lowest BCUT2D eigenvalue weighted by Crippen LogP contribution is -2.44. The number of amides is 2. The van der Waals surface area contributed by atoms with E-state index in [9.17, 15) is 9.59 Å². The summed E-state index contributed by atoms with van der Waals surface area (Å²) < 4.78 is 17.9. The van der Waals surface area contributed by atoms with Gasteiger partial charge in [0.15, 0.2) is 11.6 Å². The van der Waals surface area contributed by atoms with Crippen molar-refractivity contribution in [1.29, 1.82) is 0 Å². The Morgan fingerprint density at radius 3 is 2.56 bits per heavy atom. The maximum Gasteiger partial charge on any atom is 0.234 e. The summed E-state index contributed by atoms with van der Waals surface area (Å²) in [5.41, 5.74) is 11.6. The zero-order valence-electron chi connectivity index (χ0n) is 25.4. The van der Waals surface area contributed by atoms with E-state index in [0.717, 1.165) is 73.9 Å². The fourth-order valence-corrected chi connectivity index (χ4v) is 6.87. The van der Waals surface area contributed by atoms with Crippen molar-refractivity contribution in [3.8, 4) is 11.1 Å². The molecule has 3 fully saturated rings. The zero-order valence-corrected chi connectivity index (χ0v) is 25.4. The molecule has 1 aromatic carbocycles. The largest absolute Gasteiger partial charge is 0.382 e. The molecule has 4 aromatic rings. The fraction of sp³-hybridized carbons (Fsp3) is 0.382. The molecule has 0 spiro atoms. The van der Waals surface area contributed by atoms with Crippen LogP contribution in [-0.2, 0) is 9.59 Å². The third-order valence-electron chi connectivity index (χ3n) is 9.48. The molecule has 232 valence electrons. The van der Waals surface area contributed by atoms with Crippen LogP contribution in [0.15, 0.2) is 60.7 Å². The molecule has 0 bridgehead atoms. The van der Waals surface area contributed by atoms with Gasteiger partial charge in [0, 0.05) is 60.2 Å². The molecule has 7 rings (SSSR count). The summed E-state index contributed by atoms with van der Waals surface area (Å²) in [5, 5.41) is 8.01. The number of likely N-dealkylation sites (tertiary alicyclic amines) is 1. The van der Waals surface area contributed by atoms with Crippen molar-refractivity contribution in [2.75, 3.05) is 30.4 Å². The molecule has 11 heteroatoms. The first kappa shape index (κ1) is 28.9. The minimum Gasteiger partial charge on any atom is -0.382 e. The van der Waals surface area contributed by atoms with Crippen LogP contribution in [0.5, 0.6) is 0 Å². The lowest BCUT2D eigenvalue weighted by molar-refractivity contribution is -0.133. The van der Waals surface area contributed by atoms with Gasteiger partial charge in [0.2, 0.25) is 12.3 Å². The molecule has 2 N–H and O–H groups in total. The molecule has 5 heterocycles. The van der Waals surface area contributed by atoms with Crippen molar-refractivity contribution in [3.63, 3.8) is 0 Å². The minimum absolute atomic E-state index is 0.162. The maximum absolute atomic E-state index is 16.1. The van der Waals surface area contributed by atoms with Crippen LogP contribution >= 0.6 is 0 Å². The first-order valence-electron chi connectivity index (χ1n) is 15.8. The van der Waals surface area contributed by atoms with Crippen LogP contribution in [0, 0.1) is 11.7 Å². The molecule has 3 aliphatic rings. The molecular formula is C34H37FN8O2. The summed E-state index contributed by atoms with van der Waals surface area (Å²) in [6, 6.07) is 12.7. The first-order chi connectivity index (χ1) is 21.9. The number of hydrogen-bond acceptors (Lipinski definition) is 7. The smallest absolute Gasteiger partial charge is 0.234 e. The lowest BCUT2D eigenvalue weighted by Gasteiger charge is -2.39. The van der Waals surface area contributed by atoms with E-state index in [0.29, 0.717) is 42.1 Å². The molecule has 0 unspecified atom stereocenters. The number of nitrogen functional groups attached to an aromatic ring is 1. The summed E-state index contributed by atoms with van der Waals surface area (Å²) in [6.45, 7) is 4.05. The van der Waals surface area contributed by atoms with Crippen LogP contribution in [-0.4, -0.2) is 61.4 Å². The molecule has 10 nitrogen and oxygen atoms in total. The summed E-state index contributed by atoms with van der Waals surface area (Å²) in [4.78, 5) is 35.4. The second-order valence-electron chi connectivity index (χ2n) is 12.2. The van der Waals surface area contributed by atoms with Crippen LogP contribution in [0.25, 0.3) is 22.2 Å². The number of fused-ring (bicyclic) bond motifs is 1. The van der Waals surface area contributed by atoms with E-state index in [-0.39, 0.29) is 29.4 Å². The number of nitrogens with zero attached hydrogens (tertiary/aromatic N) is 7. The Hall–Kier alpha value is -4.80. The molecule has 3 aromatic heterocycles. The quantitative estimate of drug-likeness (QED) is 0.279. The Morgan fingerprint density at radius 2 is 1.84 bits per heavy atom. The second-order valence-corrected chi connectivity index (χ2v) is 12.2. The maximum atomic E-state index is 16.1. The van der Waals surface area contributed by atoms with Crippen LogP contribution < -0.4 is 10.7 Å². The van der Waals surface area contributed by atoms with Gasteiger partial charge in [0.1, 0.15) is 17.7 Å². The summed E-state index contributed by atoms with van der Waals surface area (Å²) >= 11 is 0. The Bertz CT molecular complexity index is 1780. The highest BCUT2D eigenvalue weighted by Crippen LogP contribution is 2.40. The van der Waals surface area contributed by atoms with E-state index in [4.69, 9.17) is 5.73 Å². The van der Waals surface area contributed by atoms with Crippen LogP contribution in [0.4, 0.5) is 16.0 Å². The average Bonchev–Trinajstić information content (AvgIpc) is 3.86. The lowest BCUT2D eigenvalue weighted by atomic mass is 9.92. The van der Waals surface area contributed by atoms with E-state index in [1.54, 1.807) is 28.9 Å². The van der Waals surface area contributed by atoms with E-state index in [2.05, 4.69) is 15.1 Å². The number of anilines is 2. The number of hydrazine groups is 1. The van der Waals surface area contributed by atoms with Gasteiger partial charge in [0.25, 0.3) is 0 Å². The van der Waals surface area contributed by atoms with Gasteiger partial charge in [-0.15, -0.1) is 0 Å². The summed E-state index contributed by atoms with van der Waals surface area (Å²) in [5.74, 6) is 1.11. The van der Waals surface area contributed by atoms with Crippen LogP contribution in [0.2, 0.25) is 0 Å². The Balaban J connectivity index is 1.21. The molecule has 1 saturated carbocycles. The van der Waals surface area contributed by atoms with Gasteiger partial charge in [-0.3, -0.25) is 14.6 Å². The number of halogens is 1. The number of carbonyl (C=O) groups is 2. The fourth-order valence-electron chi connectivity index (χ4n) is 6.87. The van der Waals surface area contributed by atoms with E-state index in [1.807, 2.05) is 41.1 Å². The number of piperidine rings is 2. The standard InChI is InChI=1S/C34H37FN8O2/c1-22(29-6-3-5-15-41(29)42(21-44)31-7-2-4-14-37-31)25-10-11-26(28(35)18-25)27-19-30(43-32(27)33(36)38-20-39-43)23-12-16-40(17-13-23)34(45)24-8-9-24/h2,4,7,10-11,14,18-21,23-24H,3,5-6,8-9,12-13,15-17H2,1H3,(H2,36,38,39)/b29-22+. The zero-order chi connectivity index (χ0) is 31.1. The summed E-state index contributed by atoms with van der Waals surface area (Å²) in [6.07, 6.45) is 10.2. The third-order valence-corrected chi connectivity index (χ3v) is 9.48. The number of rotatable bonds is 7. The number of benzene rings is 1. The molecule has 1 aliphatic carbocycles. The molecule has 2 saturated heterocycles. The highest BCUT2D eigenvalue weighted by molar-refractivity contribution is 5.89.